The Balaban J connectivity index is 2.42. The quantitative estimate of drug-likeness (QED) is 0.521. The normalized spacial score (nSPS) is 12.6. The summed E-state index contributed by atoms with van der Waals surface area (Å²) in [5.74, 6) is -0.501. The molecule has 0 radical (unpaired) electrons. The standard InChI is InChI=1S/C24H32ClN3O4S/c1-18(2)15-26-24(30)22(14-19-8-6-5-7-9-19)28(16-20-10-12-21(25)13-11-20)23(29)17-27(3)33(4,31)32/h5-13,18,22H,14-17H2,1-4H3,(H,26,30)/t22-/m0/s1. The predicted octanol–water partition coefficient (Wildman–Crippen LogP) is 2.94. The Kier molecular flexibility index (Phi) is 9.88. The zero-order chi connectivity index (χ0) is 24.6. The van der Waals surface area contributed by atoms with E-state index < -0.39 is 22.0 Å². The Bertz CT molecular complexity index is 1030. The maximum absolute atomic E-state index is 13.4. The lowest BCUT2D eigenvalue weighted by Crippen LogP contribution is -2.53. The maximum atomic E-state index is 13.4. The molecule has 180 valence electrons. The lowest BCUT2D eigenvalue weighted by atomic mass is 10.0. The molecule has 0 unspecified atom stereocenters. The molecule has 0 aromatic heterocycles. The van der Waals surface area contributed by atoms with Crippen LogP contribution in [0.2, 0.25) is 5.02 Å². The molecule has 2 aromatic rings. The summed E-state index contributed by atoms with van der Waals surface area (Å²) in [5, 5.41) is 3.49. The fourth-order valence-electron chi connectivity index (χ4n) is 3.16. The number of carbonyl (C=O) groups excluding carboxylic acids is 2. The lowest BCUT2D eigenvalue weighted by molar-refractivity contribution is -0.141. The molecule has 2 amide bonds. The average molecular weight is 494 g/mol. The fraction of sp³-hybridized carbons (Fsp3) is 0.417. The molecular weight excluding hydrogens is 462 g/mol. The van der Waals surface area contributed by atoms with E-state index in [2.05, 4.69) is 5.32 Å². The van der Waals surface area contributed by atoms with Crippen LogP contribution in [-0.4, -0.2) is 61.9 Å². The van der Waals surface area contributed by atoms with E-state index >= 15 is 0 Å². The molecule has 0 aliphatic carbocycles. The van der Waals surface area contributed by atoms with Gasteiger partial charge < -0.3 is 10.2 Å². The van der Waals surface area contributed by atoms with Crippen LogP contribution in [0.5, 0.6) is 0 Å². The van der Waals surface area contributed by atoms with Crippen LogP contribution >= 0.6 is 11.6 Å². The van der Waals surface area contributed by atoms with E-state index in [-0.39, 0.29) is 24.9 Å². The van der Waals surface area contributed by atoms with E-state index in [1.54, 1.807) is 24.3 Å². The number of nitrogens with one attached hydrogen (secondary N) is 1. The molecule has 33 heavy (non-hydrogen) atoms. The van der Waals surface area contributed by atoms with Gasteiger partial charge in [0.1, 0.15) is 6.04 Å². The smallest absolute Gasteiger partial charge is 0.243 e. The van der Waals surface area contributed by atoms with Gasteiger partial charge in [-0.2, -0.15) is 4.31 Å². The third-order valence-electron chi connectivity index (χ3n) is 5.15. The molecule has 0 spiro atoms. The second kappa shape index (κ2) is 12.2. The Morgan fingerprint density at radius 1 is 1.00 bits per heavy atom. The summed E-state index contributed by atoms with van der Waals surface area (Å²) < 4.78 is 24.8. The minimum atomic E-state index is -3.57. The summed E-state index contributed by atoms with van der Waals surface area (Å²) in [7, 11) is -2.22. The van der Waals surface area contributed by atoms with Gasteiger partial charge in [0.25, 0.3) is 0 Å². The van der Waals surface area contributed by atoms with Gasteiger partial charge in [-0.05, 0) is 29.2 Å². The number of nitrogens with zero attached hydrogens (tertiary/aromatic N) is 2. The number of hydrogen-bond acceptors (Lipinski definition) is 4. The van der Waals surface area contributed by atoms with Crippen LogP contribution in [0.3, 0.4) is 0 Å². The van der Waals surface area contributed by atoms with Gasteiger partial charge in [0.2, 0.25) is 21.8 Å². The van der Waals surface area contributed by atoms with Crippen molar-refractivity contribution in [2.45, 2.75) is 32.9 Å². The van der Waals surface area contributed by atoms with Crippen LogP contribution in [0.1, 0.15) is 25.0 Å². The number of benzene rings is 2. The van der Waals surface area contributed by atoms with Crippen molar-refractivity contribution >= 4 is 33.4 Å². The fourth-order valence-corrected chi connectivity index (χ4v) is 3.63. The molecule has 9 heteroatoms. The first-order chi connectivity index (χ1) is 15.5. The van der Waals surface area contributed by atoms with Crippen molar-refractivity contribution in [2.24, 2.45) is 5.92 Å². The SMILES string of the molecule is CC(C)CNC(=O)[C@H](Cc1ccccc1)N(Cc1ccc(Cl)cc1)C(=O)CN(C)S(C)(=O)=O. The molecule has 0 bridgehead atoms. The summed E-state index contributed by atoms with van der Waals surface area (Å²) in [5.41, 5.74) is 1.68. The van der Waals surface area contributed by atoms with Gasteiger partial charge in [-0.15, -0.1) is 0 Å². The van der Waals surface area contributed by atoms with Gasteiger partial charge in [-0.25, -0.2) is 8.42 Å². The minimum absolute atomic E-state index is 0.139. The van der Waals surface area contributed by atoms with Crippen LogP contribution in [0.15, 0.2) is 54.6 Å². The van der Waals surface area contributed by atoms with Crippen molar-refractivity contribution in [3.8, 4) is 0 Å². The highest BCUT2D eigenvalue weighted by Crippen LogP contribution is 2.17. The van der Waals surface area contributed by atoms with Crippen molar-refractivity contribution in [1.82, 2.24) is 14.5 Å². The number of halogens is 1. The zero-order valence-electron chi connectivity index (χ0n) is 19.5. The molecule has 0 saturated heterocycles. The van der Waals surface area contributed by atoms with E-state index in [4.69, 9.17) is 11.6 Å². The van der Waals surface area contributed by atoms with E-state index in [0.717, 1.165) is 21.7 Å². The van der Waals surface area contributed by atoms with Crippen molar-refractivity contribution in [3.05, 3.63) is 70.7 Å². The second-order valence-corrected chi connectivity index (χ2v) is 11.0. The monoisotopic (exact) mass is 493 g/mol. The van der Waals surface area contributed by atoms with Gasteiger partial charge in [0, 0.05) is 31.6 Å². The third kappa shape index (κ3) is 8.79. The molecule has 7 nitrogen and oxygen atoms in total. The zero-order valence-corrected chi connectivity index (χ0v) is 21.1. The van der Waals surface area contributed by atoms with Crippen molar-refractivity contribution in [3.63, 3.8) is 0 Å². The first-order valence-electron chi connectivity index (χ1n) is 10.7. The van der Waals surface area contributed by atoms with Gasteiger partial charge in [0.15, 0.2) is 0 Å². The average Bonchev–Trinajstić information content (AvgIpc) is 2.75. The Morgan fingerprint density at radius 2 is 1.61 bits per heavy atom. The first kappa shape index (κ1) is 26.8. The molecule has 2 rings (SSSR count). The van der Waals surface area contributed by atoms with Gasteiger partial charge >= 0.3 is 0 Å². The highest BCUT2D eigenvalue weighted by molar-refractivity contribution is 7.88. The molecule has 0 fully saturated rings. The second-order valence-electron chi connectivity index (χ2n) is 8.51. The summed E-state index contributed by atoms with van der Waals surface area (Å²) in [6, 6.07) is 15.6. The molecule has 1 atom stereocenters. The number of hydrogen-bond donors (Lipinski definition) is 1. The summed E-state index contributed by atoms with van der Waals surface area (Å²) in [4.78, 5) is 28.1. The molecule has 0 aliphatic rings. The van der Waals surface area contributed by atoms with E-state index in [1.807, 2.05) is 44.2 Å². The Morgan fingerprint density at radius 3 is 2.15 bits per heavy atom. The van der Waals surface area contributed by atoms with E-state index in [9.17, 15) is 18.0 Å². The van der Waals surface area contributed by atoms with Crippen LogP contribution in [0, 0.1) is 5.92 Å². The van der Waals surface area contributed by atoms with E-state index in [0.29, 0.717) is 18.0 Å². The van der Waals surface area contributed by atoms with Gasteiger partial charge in [-0.1, -0.05) is 67.9 Å². The van der Waals surface area contributed by atoms with Crippen LogP contribution in [-0.2, 0) is 32.6 Å². The first-order valence-corrected chi connectivity index (χ1v) is 13.0. The molecular formula is C24H32ClN3O4S. The Hall–Kier alpha value is -2.42. The number of amides is 2. The lowest BCUT2D eigenvalue weighted by Gasteiger charge is -2.32. The summed E-state index contributed by atoms with van der Waals surface area (Å²) >= 11 is 6.00. The topological polar surface area (TPSA) is 86.8 Å². The number of sulfonamides is 1. The van der Waals surface area contributed by atoms with Crippen molar-refractivity contribution in [1.29, 1.82) is 0 Å². The number of likely N-dealkylation sites (N-methyl/N-ethyl adjacent to an activating group) is 1. The van der Waals surface area contributed by atoms with Crippen LogP contribution in [0.4, 0.5) is 0 Å². The number of carbonyl (C=O) groups is 2. The highest BCUT2D eigenvalue weighted by atomic mass is 35.5. The predicted molar refractivity (Wildman–Crippen MR) is 131 cm³/mol. The third-order valence-corrected chi connectivity index (χ3v) is 6.66. The minimum Gasteiger partial charge on any atom is -0.354 e. The van der Waals surface area contributed by atoms with Crippen molar-refractivity contribution in [2.75, 3.05) is 26.4 Å². The van der Waals surface area contributed by atoms with Gasteiger partial charge in [0.05, 0.1) is 12.8 Å². The highest BCUT2D eigenvalue weighted by Gasteiger charge is 2.31. The van der Waals surface area contributed by atoms with Crippen LogP contribution in [0.25, 0.3) is 0 Å². The van der Waals surface area contributed by atoms with E-state index in [1.165, 1.54) is 11.9 Å². The maximum Gasteiger partial charge on any atom is 0.243 e. The molecule has 0 aliphatic heterocycles. The summed E-state index contributed by atoms with van der Waals surface area (Å²) in [6.07, 6.45) is 1.34. The molecule has 0 saturated carbocycles. The molecule has 1 N–H and O–H groups in total. The summed E-state index contributed by atoms with van der Waals surface area (Å²) in [6.45, 7) is 4.22. The number of rotatable bonds is 11. The Labute approximate surface area is 201 Å². The van der Waals surface area contributed by atoms with Crippen molar-refractivity contribution < 1.29 is 18.0 Å². The van der Waals surface area contributed by atoms with Gasteiger partial charge in [-0.3, -0.25) is 9.59 Å². The largest absolute Gasteiger partial charge is 0.354 e. The van der Waals surface area contributed by atoms with Crippen LogP contribution < -0.4 is 5.32 Å². The molecule has 0 heterocycles. The molecule has 2 aromatic carbocycles.